The number of rotatable bonds is 8. The van der Waals surface area contributed by atoms with Crippen molar-refractivity contribution in [2.24, 2.45) is 0 Å². The van der Waals surface area contributed by atoms with Crippen LogP contribution in [0.5, 0.6) is 0 Å². The number of aromatic nitrogens is 1. The monoisotopic (exact) mass is 515 g/mol. The molecule has 4 aromatic rings. The van der Waals surface area contributed by atoms with Gasteiger partial charge in [0.05, 0.1) is 30.8 Å². The van der Waals surface area contributed by atoms with Gasteiger partial charge >= 0.3 is 0 Å². The molecule has 37 heavy (non-hydrogen) atoms. The number of nitrogens with one attached hydrogen (secondary N) is 2. The number of carbonyl (C=O) groups excluding carboxylic acids is 1. The van der Waals surface area contributed by atoms with Crippen molar-refractivity contribution < 1.29 is 13.9 Å². The first-order valence-corrected chi connectivity index (χ1v) is 13.2. The van der Waals surface area contributed by atoms with E-state index >= 15 is 0 Å². The molecule has 1 aliphatic rings. The number of hydrogen-bond acceptors (Lipinski definition) is 4. The lowest BCUT2D eigenvalue weighted by Crippen LogP contribution is -2.38. The Hall–Kier alpha value is -3.18. The fourth-order valence-electron chi connectivity index (χ4n) is 4.90. The van der Waals surface area contributed by atoms with Crippen LogP contribution < -0.4 is 15.9 Å². The number of nitrogens with zero attached hydrogens (tertiary/aromatic N) is 1. The van der Waals surface area contributed by atoms with Crippen molar-refractivity contribution in [3.05, 3.63) is 102 Å². The number of pyridine rings is 1. The first-order chi connectivity index (χ1) is 18.1. The number of benzene rings is 3. The van der Waals surface area contributed by atoms with E-state index in [9.17, 15) is 9.18 Å². The minimum Gasteiger partial charge on any atom is -0.376 e. The molecule has 190 valence electrons. The summed E-state index contributed by atoms with van der Waals surface area (Å²) >= 11 is 0. The summed E-state index contributed by atoms with van der Waals surface area (Å²) in [5, 5.41) is 9.62. The average Bonchev–Trinajstić information content (AvgIpc) is 2.92. The van der Waals surface area contributed by atoms with Crippen molar-refractivity contribution in [2.45, 2.75) is 31.3 Å². The Morgan fingerprint density at radius 1 is 1.08 bits per heavy atom. The van der Waals surface area contributed by atoms with E-state index in [1.807, 2.05) is 24.3 Å². The van der Waals surface area contributed by atoms with Crippen LogP contribution in [0.2, 0.25) is 0 Å². The normalized spacial score (nSPS) is 16.4. The minimum atomic E-state index is -0.413. The first-order valence-electron chi connectivity index (χ1n) is 12.7. The van der Waals surface area contributed by atoms with E-state index in [0.717, 1.165) is 40.3 Å². The van der Waals surface area contributed by atoms with Gasteiger partial charge in [0, 0.05) is 31.0 Å². The van der Waals surface area contributed by atoms with Gasteiger partial charge in [-0.3, -0.25) is 9.78 Å². The SMILES string of the molecule is O=C(C[C@H](c1ccc(P)cc1)c1ccc2ccccc2c1)Nc1cncc(F)c1CC[C@@H]1CNCCO1. The number of morpholine rings is 1. The van der Waals surface area contributed by atoms with E-state index in [1.54, 1.807) is 0 Å². The molecule has 1 amide bonds. The molecule has 3 aromatic carbocycles. The van der Waals surface area contributed by atoms with Crippen LogP contribution >= 0.6 is 9.24 Å². The van der Waals surface area contributed by atoms with Crippen LogP contribution in [0.3, 0.4) is 0 Å². The Kier molecular flexibility index (Phi) is 8.20. The molecule has 0 spiro atoms. The van der Waals surface area contributed by atoms with Crippen molar-refractivity contribution >= 4 is 36.9 Å². The third-order valence-corrected chi connectivity index (χ3v) is 7.29. The highest BCUT2D eigenvalue weighted by molar-refractivity contribution is 7.27. The fourth-order valence-corrected chi connectivity index (χ4v) is 5.09. The molecular weight excluding hydrogens is 484 g/mol. The maximum absolute atomic E-state index is 14.8. The molecule has 1 aromatic heterocycles. The summed E-state index contributed by atoms with van der Waals surface area (Å²) in [6.07, 6.45) is 4.11. The molecule has 3 atom stereocenters. The van der Waals surface area contributed by atoms with Gasteiger partial charge in [0.1, 0.15) is 5.82 Å². The summed E-state index contributed by atoms with van der Waals surface area (Å²) < 4.78 is 20.5. The van der Waals surface area contributed by atoms with Crippen molar-refractivity contribution in [2.75, 3.05) is 25.0 Å². The minimum absolute atomic E-state index is 0.0295. The number of fused-ring (bicyclic) bond motifs is 1. The number of hydrogen-bond donors (Lipinski definition) is 2. The molecule has 1 unspecified atom stereocenters. The molecular formula is C30H31FN3O2P. The van der Waals surface area contributed by atoms with E-state index in [1.165, 1.54) is 12.4 Å². The predicted molar refractivity (Wildman–Crippen MR) is 150 cm³/mol. The van der Waals surface area contributed by atoms with Gasteiger partial charge in [-0.15, -0.1) is 9.24 Å². The number of anilines is 1. The fraction of sp³-hybridized carbons (Fsp3) is 0.267. The Labute approximate surface area is 219 Å². The molecule has 1 saturated heterocycles. The Bertz CT molecular complexity index is 1370. The molecule has 1 aliphatic heterocycles. The standard InChI is InChI=1S/C30H31FN3O2P/c31-28-18-33-19-29(26(28)12-9-24-17-32-13-14-36-24)34-30(35)16-27(21-7-10-25(37)11-8-21)23-6-5-20-3-1-2-4-22(20)15-23/h1-8,10-11,15,18-19,24,27,32H,9,12-14,16-17,37H2,(H,34,35)/t24-,27-/m1/s1. The summed E-state index contributed by atoms with van der Waals surface area (Å²) in [4.78, 5) is 17.4. The summed E-state index contributed by atoms with van der Waals surface area (Å²) in [6.45, 7) is 2.23. The molecule has 0 aliphatic carbocycles. The summed E-state index contributed by atoms with van der Waals surface area (Å²) in [5.41, 5.74) is 3.00. The summed E-state index contributed by atoms with van der Waals surface area (Å²) in [7, 11) is 2.70. The summed E-state index contributed by atoms with van der Waals surface area (Å²) in [6, 6.07) is 22.7. The Balaban J connectivity index is 1.37. The molecule has 0 bridgehead atoms. The second-order valence-corrected chi connectivity index (χ2v) is 10.1. The second kappa shape index (κ2) is 11.9. The second-order valence-electron chi connectivity index (χ2n) is 9.46. The van der Waals surface area contributed by atoms with E-state index in [-0.39, 0.29) is 24.3 Å². The maximum Gasteiger partial charge on any atom is 0.225 e. The molecule has 0 radical (unpaired) electrons. The third-order valence-electron chi connectivity index (χ3n) is 6.90. The van der Waals surface area contributed by atoms with Crippen LogP contribution in [0.25, 0.3) is 10.8 Å². The van der Waals surface area contributed by atoms with Gasteiger partial charge in [-0.05, 0) is 40.0 Å². The van der Waals surface area contributed by atoms with Crippen molar-refractivity contribution in [3.8, 4) is 0 Å². The van der Waals surface area contributed by atoms with Gasteiger partial charge in [0.25, 0.3) is 0 Å². The van der Waals surface area contributed by atoms with E-state index in [2.05, 4.69) is 67.3 Å². The van der Waals surface area contributed by atoms with Gasteiger partial charge in [-0.1, -0.05) is 66.7 Å². The Morgan fingerprint density at radius 3 is 2.65 bits per heavy atom. The molecule has 7 heteroatoms. The van der Waals surface area contributed by atoms with Gasteiger partial charge in [0.2, 0.25) is 5.91 Å². The zero-order valence-corrected chi connectivity index (χ0v) is 21.8. The van der Waals surface area contributed by atoms with Crippen LogP contribution in [0, 0.1) is 5.82 Å². The smallest absolute Gasteiger partial charge is 0.225 e. The lowest BCUT2D eigenvalue weighted by Gasteiger charge is -2.24. The number of halogens is 1. The lowest BCUT2D eigenvalue weighted by molar-refractivity contribution is -0.116. The van der Waals surface area contributed by atoms with Gasteiger partial charge in [-0.2, -0.15) is 0 Å². The number of amides is 1. The van der Waals surface area contributed by atoms with Crippen molar-refractivity contribution in [3.63, 3.8) is 0 Å². The van der Waals surface area contributed by atoms with Crippen LogP contribution in [0.1, 0.15) is 35.4 Å². The van der Waals surface area contributed by atoms with Crippen LogP contribution in [0.15, 0.2) is 79.1 Å². The third kappa shape index (κ3) is 6.40. The quantitative estimate of drug-likeness (QED) is 0.326. The van der Waals surface area contributed by atoms with Crippen molar-refractivity contribution in [1.82, 2.24) is 10.3 Å². The van der Waals surface area contributed by atoms with E-state index in [4.69, 9.17) is 4.74 Å². The molecule has 5 nitrogen and oxygen atoms in total. The number of carbonyl (C=O) groups is 1. The van der Waals surface area contributed by atoms with Gasteiger partial charge in [-0.25, -0.2) is 4.39 Å². The van der Waals surface area contributed by atoms with Gasteiger partial charge in [0.15, 0.2) is 0 Å². The zero-order valence-electron chi connectivity index (χ0n) is 20.6. The highest BCUT2D eigenvalue weighted by Crippen LogP contribution is 2.31. The van der Waals surface area contributed by atoms with Crippen molar-refractivity contribution in [1.29, 1.82) is 0 Å². The molecule has 5 rings (SSSR count). The summed E-state index contributed by atoms with van der Waals surface area (Å²) in [5.74, 6) is -0.747. The predicted octanol–water partition coefficient (Wildman–Crippen LogP) is 4.96. The van der Waals surface area contributed by atoms with E-state index in [0.29, 0.717) is 30.7 Å². The highest BCUT2D eigenvalue weighted by atomic mass is 31.0. The zero-order chi connectivity index (χ0) is 25.6. The van der Waals surface area contributed by atoms with Crippen LogP contribution in [0.4, 0.5) is 10.1 Å². The average molecular weight is 516 g/mol. The molecule has 1 fully saturated rings. The van der Waals surface area contributed by atoms with Crippen LogP contribution in [-0.2, 0) is 16.0 Å². The highest BCUT2D eigenvalue weighted by Gasteiger charge is 2.21. The lowest BCUT2D eigenvalue weighted by atomic mass is 9.87. The molecule has 2 N–H and O–H groups in total. The topological polar surface area (TPSA) is 63.2 Å². The molecule has 0 saturated carbocycles. The maximum atomic E-state index is 14.8. The van der Waals surface area contributed by atoms with Gasteiger partial charge < -0.3 is 15.4 Å². The largest absolute Gasteiger partial charge is 0.376 e. The van der Waals surface area contributed by atoms with Crippen LogP contribution in [-0.4, -0.2) is 36.7 Å². The van der Waals surface area contributed by atoms with E-state index < -0.39 is 5.82 Å². The number of ether oxygens (including phenoxy) is 1. The first kappa shape index (κ1) is 25.5. The Morgan fingerprint density at radius 2 is 1.86 bits per heavy atom. The molecule has 2 heterocycles.